The lowest BCUT2D eigenvalue weighted by Crippen LogP contribution is -2.58. The molecule has 0 bridgehead atoms. The van der Waals surface area contributed by atoms with Crippen molar-refractivity contribution in [3.8, 4) is 16.9 Å². The van der Waals surface area contributed by atoms with Crippen LogP contribution >= 0.6 is 0 Å². The molecule has 36 heavy (non-hydrogen) atoms. The van der Waals surface area contributed by atoms with Crippen LogP contribution in [0.5, 0.6) is 5.75 Å². The summed E-state index contributed by atoms with van der Waals surface area (Å²) in [5.74, 6) is -0.642. The largest absolute Gasteiger partial charge is 0.508 e. The fraction of sp³-hybridized carbons (Fsp3) is 0.276. The zero-order chi connectivity index (χ0) is 25.1. The molecule has 0 radical (unpaired) electrons. The van der Waals surface area contributed by atoms with Gasteiger partial charge in [-0.3, -0.25) is 14.4 Å². The zero-order valence-corrected chi connectivity index (χ0v) is 19.8. The van der Waals surface area contributed by atoms with Crippen LogP contribution in [0.3, 0.4) is 0 Å². The summed E-state index contributed by atoms with van der Waals surface area (Å²) in [7, 11) is 0. The van der Waals surface area contributed by atoms with Crippen LogP contribution in [0.2, 0.25) is 0 Å². The van der Waals surface area contributed by atoms with Crippen molar-refractivity contribution in [3.05, 3.63) is 90.0 Å². The van der Waals surface area contributed by atoms with E-state index >= 15 is 0 Å². The van der Waals surface area contributed by atoms with Crippen LogP contribution < -0.4 is 5.32 Å². The molecule has 2 aliphatic heterocycles. The zero-order valence-electron chi connectivity index (χ0n) is 19.8. The Bertz CT molecular complexity index is 1240. The van der Waals surface area contributed by atoms with Crippen LogP contribution in [0.15, 0.2) is 78.9 Å². The van der Waals surface area contributed by atoms with E-state index in [-0.39, 0.29) is 42.5 Å². The third kappa shape index (κ3) is 5.02. The van der Waals surface area contributed by atoms with Crippen molar-refractivity contribution in [2.24, 2.45) is 0 Å². The number of ketones is 1. The number of hydrogen-bond acceptors (Lipinski definition) is 5. The highest BCUT2D eigenvalue weighted by atomic mass is 16.5. The van der Waals surface area contributed by atoms with Crippen molar-refractivity contribution in [3.63, 3.8) is 0 Å². The number of carbonyl (C=O) groups is 3. The lowest BCUT2D eigenvalue weighted by molar-refractivity contribution is -0.142. The van der Waals surface area contributed by atoms with Gasteiger partial charge in [-0.25, -0.2) is 0 Å². The second-order valence-electron chi connectivity index (χ2n) is 9.27. The van der Waals surface area contributed by atoms with Crippen LogP contribution in [-0.2, 0) is 20.7 Å². The maximum Gasteiger partial charge on any atom is 0.251 e. The first-order valence-corrected chi connectivity index (χ1v) is 12.2. The van der Waals surface area contributed by atoms with Gasteiger partial charge in [0.25, 0.3) is 5.91 Å². The molecule has 0 aliphatic carbocycles. The molecule has 2 fully saturated rings. The van der Waals surface area contributed by atoms with Gasteiger partial charge in [0.05, 0.1) is 6.10 Å². The van der Waals surface area contributed by atoms with Gasteiger partial charge in [0.2, 0.25) is 5.91 Å². The molecule has 0 aromatic heterocycles. The quantitative estimate of drug-likeness (QED) is 0.560. The SMILES string of the molecule is O=C(NC(Cc1ccc(O)cc1)C(=O)N1CCC[C@H]2OCC(=O)[C@H]21)c1ccc(-c2ccccc2)cc1. The number of amides is 2. The minimum Gasteiger partial charge on any atom is -0.508 e. The number of aromatic hydroxyl groups is 1. The maximum atomic E-state index is 13.7. The highest BCUT2D eigenvalue weighted by Crippen LogP contribution is 2.27. The number of benzene rings is 3. The van der Waals surface area contributed by atoms with E-state index in [1.807, 2.05) is 42.5 Å². The van der Waals surface area contributed by atoms with Crippen LogP contribution in [0.4, 0.5) is 0 Å². The van der Waals surface area contributed by atoms with E-state index in [0.29, 0.717) is 12.1 Å². The molecule has 7 heteroatoms. The lowest BCUT2D eigenvalue weighted by atomic mass is 9.95. The Morgan fingerprint density at radius 2 is 1.67 bits per heavy atom. The predicted octanol–water partition coefficient (Wildman–Crippen LogP) is 3.36. The molecule has 2 saturated heterocycles. The minimum absolute atomic E-state index is 0.0157. The summed E-state index contributed by atoms with van der Waals surface area (Å²) in [5, 5.41) is 12.5. The van der Waals surface area contributed by atoms with Gasteiger partial charge < -0.3 is 20.1 Å². The first-order chi connectivity index (χ1) is 17.5. The Kier molecular flexibility index (Phi) is 6.82. The van der Waals surface area contributed by atoms with Crippen molar-refractivity contribution >= 4 is 17.6 Å². The second-order valence-corrected chi connectivity index (χ2v) is 9.27. The van der Waals surface area contributed by atoms with Crippen molar-refractivity contribution in [1.82, 2.24) is 10.2 Å². The van der Waals surface area contributed by atoms with Crippen molar-refractivity contribution in [2.45, 2.75) is 37.5 Å². The molecule has 0 spiro atoms. The van der Waals surface area contributed by atoms with Crippen LogP contribution in [-0.4, -0.2) is 58.9 Å². The average Bonchev–Trinajstić information content (AvgIpc) is 3.30. The van der Waals surface area contributed by atoms with Gasteiger partial charge in [-0.05, 0) is 53.8 Å². The van der Waals surface area contributed by atoms with Gasteiger partial charge in [-0.1, -0.05) is 54.6 Å². The number of piperidine rings is 1. The highest BCUT2D eigenvalue weighted by Gasteiger charge is 2.45. The fourth-order valence-corrected chi connectivity index (χ4v) is 4.99. The summed E-state index contributed by atoms with van der Waals surface area (Å²) in [6.07, 6.45) is 1.42. The molecule has 2 heterocycles. The number of Topliss-reactive ketones (excluding diaryl/α,β-unsaturated/α-hetero) is 1. The number of fused-ring (bicyclic) bond motifs is 1. The second kappa shape index (κ2) is 10.3. The van der Waals surface area contributed by atoms with Gasteiger partial charge in [0.1, 0.15) is 24.4 Å². The van der Waals surface area contributed by atoms with Gasteiger partial charge in [0.15, 0.2) is 5.78 Å². The third-order valence-electron chi connectivity index (χ3n) is 6.86. The first kappa shape index (κ1) is 23.8. The van der Waals surface area contributed by atoms with Gasteiger partial charge in [-0.2, -0.15) is 0 Å². The first-order valence-electron chi connectivity index (χ1n) is 12.2. The van der Waals surface area contributed by atoms with Gasteiger partial charge in [0, 0.05) is 18.5 Å². The molecule has 0 saturated carbocycles. The molecule has 7 nitrogen and oxygen atoms in total. The lowest BCUT2D eigenvalue weighted by Gasteiger charge is -2.37. The molecule has 1 unspecified atom stereocenters. The Hall–Kier alpha value is -3.97. The number of phenols is 1. The smallest absolute Gasteiger partial charge is 0.251 e. The van der Waals surface area contributed by atoms with E-state index in [0.717, 1.165) is 29.5 Å². The van der Waals surface area contributed by atoms with E-state index in [1.54, 1.807) is 41.3 Å². The number of nitrogens with zero attached hydrogens (tertiary/aromatic N) is 1. The molecule has 5 rings (SSSR count). The average molecular weight is 485 g/mol. The number of rotatable bonds is 6. The summed E-state index contributed by atoms with van der Waals surface area (Å²) in [5.41, 5.74) is 3.26. The van der Waals surface area contributed by atoms with E-state index < -0.39 is 12.1 Å². The highest BCUT2D eigenvalue weighted by molar-refractivity contribution is 5.99. The summed E-state index contributed by atoms with van der Waals surface area (Å²) in [6.45, 7) is 0.463. The van der Waals surface area contributed by atoms with Crippen LogP contribution in [0, 0.1) is 0 Å². The third-order valence-corrected chi connectivity index (χ3v) is 6.86. The van der Waals surface area contributed by atoms with E-state index in [9.17, 15) is 19.5 Å². The van der Waals surface area contributed by atoms with Crippen molar-refractivity contribution < 1.29 is 24.2 Å². The number of carbonyl (C=O) groups excluding carboxylic acids is 3. The molecule has 3 aromatic carbocycles. The maximum absolute atomic E-state index is 13.7. The standard InChI is InChI=1S/C29H28N2O5/c32-23-14-8-19(9-15-23)17-24(29(35)31-16-4-7-26-27(31)25(33)18-36-26)30-28(34)22-12-10-21(11-13-22)20-5-2-1-3-6-20/h1-3,5-6,8-15,24,26-27,32H,4,7,16-18H2,(H,30,34)/t24?,26-,27-/m1/s1. The van der Waals surface area contributed by atoms with Crippen molar-refractivity contribution in [2.75, 3.05) is 13.2 Å². The number of nitrogens with one attached hydrogen (secondary N) is 1. The molecule has 2 N–H and O–H groups in total. The topological polar surface area (TPSA) is 95.9 Å². The monoisotopic (exact) mass is 484 g/mol. The normalized spacial score (nSPS) is 20.0. The Balaban J connectivity index is 1.37. The summed E-state index contributed by atoms with van der Waals surface area (Å²) in [6, 6.07) is 22.2. The van der Waals surface area contributed by atoms with Crippen LogP contribution in [0.1, 0.15) is 28.8 Å². The van der Waals surface area contributed by atoms with E-state index in [1.165, 1.54) is 0 Å². The fourth-order valence-electron chi connectivity index (χ4n) is 4.99. The number of ether oxygens (including phenoxy) is 1. The molecule has 184 valence electrons. The Morgan fingerprint density at radius 1 is 0.972 bits per heavy atom. The molecule has 2 aliphatic rings. The Morgan fingerprint density at radius 3 is 2.39 bits per heavy atom. The summed E-state index contributed by atoms with van der Waals surface area (Å²) < 4.78 is 5.60. The van der Waals surface area contributed by atoms with E-state index in [2.05, 4.69) is 5.32 Å². The molecular formula is C29H28N2O5. The Labute approximate surface area is 209 Å². The molecule has 3 atom stereocenters. The number of phenolic OH excluding ortho intramolecular Hbond substituents is 1. The molecule has 3 aromatic rings. The van der Waals surface area contributed by atoms with Gasteiger partial charge in [-0.15, -0.1) is 0 Å². The molecular weight excluding hydrogens is 456 g/mol. The predicted molar refractivity (Wildman–Crippen MR) is 134 cm³/mol. The summed E-state index contributed by atoms with van der Waals surface area (Å²) in [4.78, 5) is 41.0. The summed E-state index contributed by atoms with van der Waals surface area (Å²) >= 11 is 0. The molecule has 2 amide bonds. The number of hydrogen-bond donors (Lipinski definition) is 2. The van der Waals surface area contributed by atoms with Gasteiger partial charge >= 0.3 is 0 Å². The van der Waals surface area contributed by atoms with Crippen molar-refractivity contribution in [1.29, 1.82) is 0 Å². The minimum atomic E-state index is -0.872. The number of likely N-dealkylation sites (tertiary alicyclic amines) is 1. The van der Waals surface area contributed by atoms with Crippen LogP contribution in [0.25, 0.3) is 11.1 Å². The van der Waals surface area contributed by atoms with E-state index in [4.69, 9.17) is 4.74 Å².